The second kappa shape index (κ2) is 7.44. The number of aliphatic carboxylic acids is 1. The van der Waals surface area contributed by atoms with Crippen LogP contribution in [0, 0.1) is 5.92 Å². The fourth-order valence-corrected chi connectivity index (χ4v) is 5.17. The smallest absolute Gasteiger partial charge is 0.451 e. The lowest BCUT2D eigenvalue weighted by Crippen LogP contribution is -2.55. The molecule has 0 aliphatic carbocycles. The van der Waals surface area contributed by atoms with Crippen molar-refractivity contribution in [2.24, 2.45) is 23.1 Å². The fraction of sp³-hybridized carbons (Fsp3) is 0.917. The van der Waals surface area contributed by atoms with Gasteiger partial charge >= 0.3 is 13.1 Å². The summed E-state index contributed by atoms with van der Waals surface area (Å²) in [7, 11) is -5.41. The molecular formula is C12H26BN5O6S. The number of hydrogen-bond donors (Lipinski definition) is 6. The third-order valence-electron chi connectivity index (χ3n) is 5.04. The van der Waals surface area contributed by atoms with Gasteiger partial charge in [-0.15, -0.1) is 0 Å². The van der Waals surface area contributed by atoms with Gasteiger partial charge in [0.05, 0.1) is 0 Å². The predicted octanol–water partition coefficient (Wildman–Crippen LogP) is -3.83. The zero-order valence-electron chi connectivity index (χ0n) is 13.9. The number of rotatable bonds is 7. The van der Waals surface area contributed by atoms with Crippen LogP contribution in [-0.2, 0) is 15.0 Å². The van der Waals surface area contributed by atoms with E-state index in [4.69, 9.17) is 27.2 Å². The van der Waals surface area contributed by atoms with Crippen LogP contribution in [0.25, 0.3) is 0 Å². The van der Waals surface area contributed by atoms with Gasteiger partial charge in [-0.25, -0.2) is 0 Å². The number of carboxylic acid groups (broad SMARTS) is 1. The van der Waals surface area contributed by atoms with Crippen LogP contribution in [0.3, 0.4) is 0 Å². The van der Waals surface area contributed by atoms with Gasteiger partial charge < -0.3 is 32.4 Å². The van der Waals surface area contributed by atoms with Crippen molar-refractivity contribution >= 4 is 23.3 Å². The Hall–Kier alpha value is -0.795. The van der Waals surface area contributed by atoms with Gasteiger partial charge in [0.1, 0.15) is 5.54 Å². The highest BCUT2D eigenvalue weighted by Gasteiger charge is 2.53. The molecule has 2 aliphatic rings. The standard InChI is InChI=1S/C12H26BN5O6S/c14-9-5-17(6-10(9)15)25(23,24)18-4-8(2-1-3-13(21)22)12(16,7-18)11(19)20/h8-10,21-22H,1-7,14-16H2,(H,19,20)/t8-,9-,10-,12-/m0/s1. The summed E-state index contributed by atoms with van der Waals surface area (Å²) in [6.07, 6.45) is 0.655. The molecule has 0 aromatic heterocycles. The van der Waals surface area contributed by atoms with E-state index in [9.17, 15) is 18.3 Å². The molecule has 9 N–H and O–H groups in total. The van der Waals surface area contributed by atoms with E-state index >= 15 is 0 Å². The van der Waals surface area contributed by atoms with Gasteiger partial charge in [0.2, 0.25) is 0 Å². The molecule has 0 saturated carbocycles. The largest absolute Gasteiger partial charge is 0.480 e. The molecule has 4 atom stereocenters. The zero-order valence-corrected chi connectivity index (χ0v) is 14.7. The van der Waals surface area contributed by atoms with Crippen molar-refractivity contribution < 1.29 is 28.4 Å². The lowest BCUT2D eigenvalue weighted by molar-refractivity contribution is -0.144. The third-order valence-corrected chi connectivity index (χ3v) is 6.92. The second-order valence-corrected chi connectivity index (χ2v) is 8.83. The Morgan fingerprint density at radius 2 is 1.72 bits per heavy atom. The van der Waals surface area contributed by atoms with E-state index in [1.165, 1.54) is 0 Å². The molecule has 0 unspecified atom stereocenters. The fourth-order valence-electron chi connectivity index (χ4n) is 3.38. The van der Waals surface area contributed by atoms with E-state index in [0.717, 1.165) is 8.61 Å². The van der Waals surface area contributed by atoms with Crippen LogP contribution in [0.5, 0.6) is 0 Å². The molecule has 2 heterocycles. The lowest BCUT2D eigenvalue weighted by Gasteiger charge is -2.26. The average molecular weight is 379 g/mol. The first-order valence-corrected chi connectivity index (χ1v) is 9.53. The maximum atomic E-state index is 12.8. The van der Waals surface area contributed by atoms with Gasteiger partial charge in [0.15, 0.2) is 0 Å². The summed E-state index contributed by atoms with van der Waals surface area (Å²) in [6, 6.07) is -0.942. The van der Waals surface area contributed by atoms with E-state index in [2.05, 4.69) is 0 Å². The summed E-state index contributed by atoms with van der Waals surface area (Å²) in [5.41, 5.74) is 15.8. The zero-order chi connectivity index (χ0) is 19.0. The molecule has 13 heteroatoms. The molecule has 0 aromatic rings. The van der Waals surface area contributed by atoms with Gasteiger partial charge in [-0.05, 0) is 12.7 Å². The number of nitrogens with zero attached hydrogens (tertiary/aromatic N) is 2. The van der Waals surface area contributed by atoms with E-state index in [1.807, 2.05) is 0 Å². The molecule has 2 saturated heterocycles. The maximum Gasteiger partial charge on any atom is 0.451 e. The van der Waals surface area contributed by atoms with Crippen LogP contribution in [0.4, 0.5) is 0 Å². The SMILES string of the molecule is N[C@H]1CN(S(=O)(=O)N2C[C@H](CCCB(O)O)[C@](N)(C(=O)O)C2)C[C@@H]1N. The quantitative estimate of drug-likeness (QED) is 0.240. The Bertz CT molecular complexity index is 597. The second-order valence-electron chi connectivity index (χ2n) is 6.90. The number of hydrogen-bond acceptors (Lipinski definition) is 8. The highest BCUT2D eigenvalue weighted by molar-refractivity contribution is 7.86. The Morgan fingerprint density at radius 1 is 1.16 bits per heavy atom. The van der Waals surface area contributed by atoms with Crippen LogP contribution in [-0.4, -0.2) is 89.1 Å². The van der Waals surface area contributed by atoms with Crippen molar-refractivity contribution in [1.82, 2.24) is 8.61 Å². The van der Waals surface area contributed by atoms with Crippen LogP contribution in [0.1, 0.15) is 12.8 Å². The molecule has 2 aliphatic heterocycles. The minimum atomic E-state index is -3.92. The highest BCUT2D eigenvalue weighted by Crippen LogP contribution is 2.33. The molecule has 144 valence electrons. The topological polar surface area (TPSA) is 196 Å². The van der Waals surface area contributed by atoms with E-state index in [0.29, 0.717) is 6.42 Å². The average Bonchev–Trinajstić information content (AvgIpc) is 3.02. The highest BCUT2D eigenvalue weighted by atomic mass is 32.2. The van der Waals surface area contributed by atoms with Crippen molar-refractivity contribution in [3.8, 4) is 0 Å². The van der Waals surface area contributed by atoms with Gasteiger partial charge in [0, 0.05) is 44.2 Å². The van der Waals surface area contributed by atoms with Crippen LogP contribution < -0.4 is 17.2 Å². The molecule has 0 amide bonds. The van der Waals surface area contributed by atoms with Gasteiger partial charge in [-0.3, -0.25) is 4.79 Å². The molecule has 0 aromatic carbocycles. The molecule has 2 rings (SSSR count). The lowest BCUT2D eigenvalue weighted by atomic mass is 9.78. The Labute approximate surface area is 147 Å². The molecule has 2 fully saturated rings. The molecule has 0 radical (unpaired) electrons. The van der Waals surface area contributed by atoms with Crippen LogP contribution in [0.2, 0.25) is 6.32 Å². The van der Waals surface area contributed by atoms with E-state index in [1.54, 1.807) is 0 Å². The summed E-state index contributed by atoms with van der Waals surface area (Å²) in [5.74, 6) is -1.92. The van der Waals surface area contributed by atoms with Crippen molar-refractivity contribution in [2.75, 3.05) is 26.2 Å². The van der Waals surface area contributed by atoms with Crippen molar-refractivity contribution in [2.45, 2.75) is 36.8 Å². The Morgan fingerprint density at radius 3 is 2.20 bits per heavy atom. The van der Waals surface area contributed by atoms with E-state index in [-0.39, 0.29) is 38.9 Å². The monoisotopic (exact) mass is 379 g/mol. The van der Waals surface area contributed by atoms with Crippen molar-refractivity contribution in [3.63, 3.8) is 0 Å². The number of carboxylic acids is 1. The van der Waals surface area contributed by atoms with Crippen molar-refractivity contribution in [1.29, 1.82) is 0 Å². The van der Waals surface area contributed by atoms with Gasteiger partial charge in [-0.2, -0.15) is 17.0 Å². The third kappa shape index (κ3) is 4.14. The van der Waals surface area contributed by atoms with Gasteiger partial charge in [0.25, 0.3) is 10.2 Å². The molecule has 25 heavy (non-hydrogen) atoms. The van der Waals surface area contributed by atoms with Crippen molar-refractivity contribution in [3.05, 3.63) is 0 Å². The summed E-state index contributed by atoms with van der Waals surface area (Å²) >= 11 is 0. The summed E-state index contributed by atoms with van der Waals surface area (Å²) in [6.45, 7) is -0.246. The van der Waals surface area contributed by atoms with Crippen LogP contribution >= 0.6 is 0 Å². The molecule has 0 spiro atoms. The van der Waals surface area contributed by atoms with Gasteiger partial charge in [-0.1, -0.05) is 6.42 Å². The number of nitrogens with two attached hydrogens (primary N) is 3. The Kier molecular flexibility index (Phi) is 6.11. The summed E-state index contributed by atoms with van der Waals surface area (Å²) < 4.78 is 27.8. The summed E-state index contributed by atoms with van der Waals surface area (Å²) in [5, 5.41) is 27.3. The predicted molar refractivity (Wildman–Crippen MR) is 90.3 cm³/mol. The minimum absolute atomic E-state index is 0.0480. The summed E-state index contributed by atoms with van der Waals surface area (Å²) in [4.78, 5) is 11.6. The maximum absolute atomic E-state index is 12.8. The Balaban J connectivity index is 2.13. The molecule has 11 nitrogen and oxygen atoms in total. The van der Waals surface area contributed by atoms with Crippen LogP contribution in [0.15, 0.2) is 0 Å². The minimum Gasteiger partial charge on any atom is -0.480 e. The number of carbonyl (C=O) groups is 1. The molecule has 0 bridgehead atoms. The molecular weight excluding hydrogens is 353 g/mol. The first-order chi connectivity index (χ1) is 11.5. The van der Waals surface area contributed by atoms with E-state index < -0.39 is 46.8 Å². The first-order valence-electron chi connectivity index (χ1n) is 8.13. The first kappa shape index (κ1) is 20.5. The normalized spacial score (nSPS) is 34.5.